The zero-order valence-corrected chi connectivity index (χ0v) is 14.1. The Hall–Kier alpha value is -3.15. The summed E-state index contributed by atoms with van der Waals surface area (Å²) in [5, 5.41) is 2.70. The van der Waals surface area contributed by atoms with E-state index in [0.717, 1.165) is 5.56 Å². The summed E-state index contributed by atoms with van der Waals surface area (Å²) in [4.78, 5) is 35.6. The lowest BCUT2D eigenvalue weighted by atomic mass is 10.1. The SMILES string of the molecule is COC(=O)c1cc(NC(=O)CCc2ccccc2)cc(C(=O)OC)c1. The molecular weight excluding hydrogens is 322 g/mol. The molecule has 0 saturated carbocycles. The van der Waals surface area contributed by atoms with E-state index in [1.165, 1.54) is 32.4 Å². The first-order valence-corrected chi connectivity index (χ1v) is 7.69. The third-order valence-corrected chi connectivity index (χ3v) is 3.54. The van der Waals surface area contributed by atoms with Crippen molar-refractivity contribution in [3.05, 3.63) is 65.2 Å². The molecular formula is C19H19NO5. The van der Waals surface area contributed by atoms with Crippen molar-refractivity contribution in [2.45, 2.75) is 12.8 Å². The van der Waals surface area contributed by atoms with E-state index in [1.807, 2.05) is 30.3 Å². The summed E-state index contributed by atoms with van der Waals surface area (Å²) >= 11 is 0. The molecule has 0 saturated heterocycles. The molecule has 0 fully saturated rings. The van der Waals surface area contributed by atoms with Crippen LogP contribution in [0.25, 0.3) is 0 Å². The van der Waals surface area contributed by atoms with Crippen molar-refractivity contribution >= 4 is 23.5 Å². The van der Waals surface area contributed by atoms with Crippen LogP contribution >= 0.6 is 0 Å². The fraction of sp³-hybridized carbons (Fsp3) is 0.211. The van der Waals surface area contributed by atoms with E-state index in [0.29, 0.717) is 12.1 Å². The van der Waals surface area contributed by atoms with E-state index in [1.54, 1.807) is 0 Å². The van der Waals surface area contributed by atoms with Gasteiger partial charge < -0.3 is 14.8 Å². The smallest absolute Gasteiger partial charge is 0.337 e. The van der Waals surface area contributed by atoms with Crippen molar-refractivity contribution in [1.29, 1.82) is 0 Å². The number of hydrogen-bond acceptors (Lipinski definition) is 5. The van der Waals surface area contributed by atoms with Crippen LogP contribution in [0.1, 0.15) is 32.7 Å². The first-order valence-electron chi connectivity index (χ1n) is 7.69. The largest absolute Gasteiger partial charge is 0.465 e. The Bertz CT molecular complexity index is 736. The Kier molecular flexibility index (Phi) is 6.28. The molecule has 0 aromatic heterocycles. The van der Waals surface area contributed by atoms with E-state index in [4.69, 9.17) is 0 Å². The molecule has 2 aromatic carbocycles. The number of anilines is 1. The Labute approximate surface area is 145 Å². The van der Waals surface area contributed by atoms with Gasteiger partial charge in [-0.2, -0.15) is 0 Å². The maximum atomic E-state index is 12.1. The summed E-state index contributed by atoms with van der Waals surface area (Å²) in [7, 11) is 2.48. The van der Waals surface area contributed by atoms with Crippen molar-refractivity contribution < 1.29 is 23.9 Å². The maximum absolute atomic E-state index is 12.1. The minimum absolute atomic E-state index is 0.156. The lowest BCUT2D eigenvalue weighted by Gasteiger charge is -2.09. The van der Waals surface area contributed by atoms with Gasteiger partial charge in [0.2, 0.25) is 5.91 Å². The summed E-state index contributed by atoms with van der Waals surface area (Å²) < 4.78 is 9.33. The number of amides is 1. The number of esters is 2. The van der Waals surface area contributed by atoms with Crippen LogP contribution in [0.5, 0.6) is 0 Å². The Balaban J connectivity index is 2.12. The minimum atomic E-state index is -0.606. The molecule has 0 aliphatic carbocycles. The van der Waals surface area contributed by atoms with Gasteiger partial charge in [-0.25, -0.2) is 9.59 Å². The van der Waals surface area contributed by atoms with E-state index in [-0.39, 0.29) is 23.5 Å². The number of carbonyl (C=O) groups is 3. The monoisotopic (exact) mass is 341 g/mol. The summed E-state index contributed by atoms with van der Waals surface area (Å²) in [6, 6.07) is 13.9. The van der Waals surface area contributed by atoms with Gasteiger partial charge in [-0.1, -0.05) is 30.3 Å². The number of hydrogen-bond donors (Lipinski definition) is 1. The summed E-state index contributed by atoms with van der Waals surface area (Å²) in [5.41, 5.74) is 1.70. The van der Waals surface area contributed by atoms with Crippen LogP contribution in [0.3, 0.4) is 0 Å². The molecule has 0 aliphatic heterocycles. The fourth-order valence-electron chi connectivity index (χ4n) is 2.30. The Morgan fingerprint density at radius 3 is 1.96 bits per heavy atom. The van der Waals surface area contributed by atoms with Crippen molar-refractivity contribution in [2.75, 3.05) is 19.5 Å². The molecule has 0 unspecified atom stereocenters. The second-order valence-corrected chi connectivity index (χ2v) is 5.32. The quantitative estimate of drug-likeness (QED) is 0.817. The lowest BCUT2D eigenvalue weighted by Crippen LogP contribution is -2.14. The highest BCUT2D eigenvalue weighted by Crippen LogP contribution is 2.17. The highest BCUT2D eigenvalue weighted by atomic mass is 16.5. The minimum Gasteiger partial charge on any atom is -0.465 e. The summed E-state index contributed by atoms with van der Waals surface area (Å²) in [5.74, 6) is -1.43. The van der Waals surface area contributed by atoms with Gasteiger partial charge in [-0.15, -0.1) is 0 Å². The fourth-order valence-corrected chi connectivity index (χ4v) is 2.30. The Morgan fingerprint density at radius 1 is 0.880 bits per heavy atom. The van der Waals surface area contributed by atoms with Crippen molar-refractivity contribution in [2.24, 2.45) is 0 Å². The zero-order valence-electron chi connectivity index (χ0n) is 14.1. The van der Waals surface area contributed by atoms with E-state index < -0.39 is 11.9 Å². The molecule has 2 aromatic rings. The third kappa shape index (κ3) is 5.17. The van der Waals surface area contributed by atoms with Crippen LogP contribution in [0.4, 0.5) is 5.69 Å². The molecule has 25 heavy (non-hydrogen) atoms. The predicted molar refractivity (Wildman–Crippen MR) is 92.5 cm³/mol. The van der Waals surface area contributed by atoms with Crippen LogP contribution in [0.15, 0.2) is 48.5 Å². The molecule has 6 nitrogen and oxygen atoms in total. The van der Waals surface area contributed by atoms with Gasteiger partial charge in [0.1, 0.15) is 0 Å². The molecule has 0 aliphatic rings. The van der Waals surface area contributed by atoms with Gasteiger partial charge >= 0.3 is 11.9 Å². The van der Waals surface area contributed by atoms with Crippen LogP contribution in [0.2, 0.25) is 0 Å². The van der Waals surface area contributed by atoms with E-state index >= 15 is 0 Å². The van der Waals surface area contributed by atoms with Gasteiger partial charge in [0, 0.05) is 12.1 Å². The van der Waals surface area contributed by atoms with Crippen LogP contribution < -0.4 is 5.32 Å². The normalized spacial score (nSPS) is 10.0. The second-order valence-electron chi connectivity index (χ2n) is 5.32. The molecule has 0 heterocycles. The number of rotatable bonds is 6. The highest BCUT2D eigenvalue weighted by Gasteiger charge is 2.15. The van der Waals surface area contributed by atoms with Gasteiger partial charge in [0.25, 0.3) is 0 Å². The number of ether oxygens (including phenoxy) is 2. The van der Waals surface area contributed by atoms with Crippen molar-refractivity contribution in [3.8, 4) is 0 Å². The molecule has 1 N–H and O–H groups in total. The summed E-state index contributed by atoms with van der Waals surface area (Å²) in [6.45, 7) is 0. The molecule has 6 heteroatoms. The first-order chi connectivity index (χ1) is 12.0. The van der Waals surface area contributed by atoms with Crippen LogP contribution in [-0.2, 0) is 20.7 Å². The zero-order chi connectivity index (χ0) is 18.2. The number of benzene rings is 2. The molecule has 0 spiro atoms. The van der Waals surface area contributed by atoms with E-state index in [9.17, 15) is 14.4 Å². The van der Waals surface area contributed by atoms with Gasteiger partial charge in [-0.3, -0.25) is 4.79 Å². The van der Waals surface area contributed by atoms with Crippen LogP contribution in [0, 0.1) is 0 Å². The van der Waals surface area contributed by atoms with Gasteiger partial charge in [0.05, 0.1) is 25.3 Å². The molecule has 0 atom stereocenters. The number of nitrogens with one attached hydrogen (secondary N) is 1. The van der Waals surface area contributed by atoms with Crippen molar-refractivity contribution in [3.63, 3.8) is 0 Å². The summed E-state index contributed by atoms with van der Waals surface area (Å²) in [6.07, 6.45) is 0.868. The number of aryl methyl sites for hydroxylation is 1. The predicted octanol–water partition coefficient (Wildman–Crippen LogP) is 2.83. The molecule has 0 bridgehead atoms. The van der Waals surface area contributed by atoms with E-state index in [2.05, 4.69) is 14.8 Å². The maximum Gasteiger partial charge on any atom is 0.337 e. The molecule has 0 radical (unpaired) electrons. The average Bonchev–Trinajstić information content (AvgIpc) is 2.65. The highest BCUT2D eigenvalue weighted by molar-refractivity contribution is 5.99. The standard InChI is InChI=1S/C19H19NO5/c1-24-18(22)14-10-15(19(23)25-2)12-16(11-14)20-17(21)9-8-13-6-4-3-5-7-13/h3-7,10-12H,8-9H2,1-2H3,(H,20,21). The third-order valence-electron chi connectivity index (χ3n) is 3.54. The topological polar surface area (TPSA) is 81.7 Å². The van der Waals surface area contributed by atoms with Gasteiger partial charge in [-0.05, 0) is 30.2 Å². The molecule has 2 rings (SSSR count). The van der Waals surface area contributed by atoms with Crippen LogP contribution in [-0.4, -0.2) is 32.1 Å². The molecule has 130 valence electrons. The Morgan fingerprint density at radius 2 is 1.44 bits per heavy atom. The number of methoxy groups -OCH3 is 2. The average molecular weight is 341 g/mol. The molecule has 1 amide bonds. The lowest BCUT2D eigenvalue weighted by molar-refractivity contribution is -0.116. The second kappa shape index (κ2) is 8.63. The first kappa shape index (κ1) is 18.2. The number of carbonyl (C=O) groups excluding carboxylic acids is 3. The van der Waals surface area contributed by atoms with Gasteiger partial charge in [0.15, 0.2) is 0 Å². The van der Waals surface area contributed by atoms with Crippen molar-refractivity contribution in [1.82, 2.24) is 0 Å².